The minimum Gasteiger partial charge on any atom is -0.368 e. The van der Waals surface area contributed by atoms with Gasteiger partial charge in [-0.3, -0.25) is 14.4 Å². The largest absolute Gasteiger partial charge is 0.368 e. The van der Waals surface area contributed by atoms with Gasteiger partial charge in [-0.25, -0.2) is 0 Å². The van der Waals surface area contributed by atoms with Crippen LogP contribution in [0.3, 0.4) is 0 Å². The summed E-state index contributed by atoms with van der Waals surface area (Å²) in [5, 5.41) is 3.49. The number of rotatable bonds is 6. The van der Waals surface area contributed by atoms with Crippen LogP contribution in [0.4, 0.5) is 5.69 Å². The van der Waals surface area contributed by atoms with Crippen LogP contribution in [0.2, 0.25) is 5.02 Å². The first-order valence-electron chi connectivity index (χ1n) is 10.8. The van der Waals surface area contributed by atoms with Crippen molar-refractivity contribution in [3.05, 3.63) is 29.3 Å². The number of hydrogen-bond acceptors (Lipinski definition) is 4. The molecule has 0 aromatic heterocycles. The fourth-order valence-corrected chi connectivity index (χ4v) is 4.28. The van der Waals surface area contributed by atoms with Gasteiger partial charge in [-0.15, -0.1) is 0 Å². The van der Waals surface area contributed by atoms with Crippen LogP contribution in [0, 0.1) is 5.92 Å². The number of piperidine rings is 1. The molecule has 30 heavy (non-hydrogen) atoms. The van der Waals surface area contributed by atoms with Gasteiger partial charge in [-0.1, -0.05) is 24.6 Å². The Kier molecular flexibility index (Phi) is 7.96. The Morgan fingerprint density at radius 1 is 1.07 bits per heavy atom. The second-order valence-electron chi connectivity index (χ2n) is 7.99. The molecule has 1 N–H and O–H groups in total. The SMILES string of the molecule is CCCC(=O)N1CCCC(C(=O)NCC(=O)N2CCN(c3cccc(Cl)c3)CC2)C1. The molecule has 164 valence electrons. The number of benzene rings is 1. The zero-order valence-corrected chi connectivity index (χ0v) is 18.4. The molecule has 7 nitrogen and oxygen atoms in total. The van der Waals surface area contributed by atoms with Gasteiger partial charge in [0.15, 0.2) is 0 Å². The predicted molar refractivity (Wildman–Crippen MR) is 117 cm³/mol. The third-order valence-electron chi connectivity index (χ3n) is 5.83. The maximum absolute atomic E-state index is 12.5. The van der Waals surface area contributed by atoms with Crippen LogP contribution in [0.25, 0.3) is 0 Å². The Labute approximate surface area is 183 Å². The topological polar surface area (TPSA) is 73.0 Å². The number of nitrogens with zero attached hydrogens (tertiary/aromatic N) is 3. The molecular formula is C22H31ClN4O3. The van der Waals surface area contributed by atoms with Crippen molar-refractivity contribution in [2.24, 2.45) is 5.92 Å². The smallest absolute Gasteiger partial charge is 0.242 e. The zero-order valence-electron chi connectivity index (χ0n) is 17.6. The van der Waals surface area contributed by atoms with Gasteiger partial charge in [0.1, 0.15) is 0 Å². The van der Waals surface area contributed by atoms with Crippen molar-refractivity contribution >= 4 is 35.0 Å². The number of piperazine rings is 1. The van der Waals surface area contributed by atoms with E-state index in [-0.39, 0.29) is 30.2 Å². The standard InChI is InChI=1S/C22H31ClN4O3/c1-2-5-20(28)27-9-4-6-17(16-27)22(30)24-15-21(29)26-12-10-25(11-13-26)19-8-3-7-18(23)14-19/h3,7-8,14,17H,2,4-6,9-13,15-16H2,1H3,(H,24,30). The first kappa shape index (κ1) is 22.4. The highest BCUT2D eigenvalue weighted by atomic mass is 35.5. The Morgan fingerprint density at radius 2 is 1.83 bits per heavy atom. The van der Waals surface area contributed by atoms with Crippen LogP contribution < -0.4 is 10.2 Å². The lowest BCUT2D eigenvalue weighted by Crippen LogP contribution is -2.52. The van der Waals surface area contributed by atoms with E-state index in [4.69, 9.17) is 11.6 Å². The second-order valence-corrected chi connectivity index (χ2v) is 8.43. The molecular weight excluding hydrogens is 404 g/mol. The van der Waals surface area contributed by atoms with Gasteiger partial charge in [0.05, 0.1) is 12.5 Å². The molecule has 0 saturated carbocycles. The molecule has 0 bridgehead atoms. The van der Waals surface area contributed by atoms with E-state index in [2.05, 4.69) is 10.2 Å². The molecule has 0 spiro atoms. The molecule has 8 heteroatoms. The minimum atomic E-state index is -0.230. The van der Waals surface area contributed by atoms with Crippen LogP contribution in [0.15, 0.2) is 24.3 Å². The number of nitrogens with one attached hydrogen (secondary N) is 1. The van der Waals surface area contributed by atoms with Crippen molar-refractivity contribution in [1.82, 2.24) is 15.1 Å². The van der Waals surface area contributed by atoms with E-state index >= 15 is 0 Å². The average molecular weight is 435 g/mol. The summed E-state index contributed by atoms with van der Waals surface area (Å²) >= 11 is 6.07. The predicted octanol–water partition coefficient (Wildman–Crippen LogP) is 2.14. The zero-order chi connectivity index (χ0) is 21.5. The van der Waals surface area contributed by atoms with E-state index in [1.165, 1.54) is 0 Å². The summed E-state index contributed by atoms with van der Waals surface area (Å²) in [5.74, 6) is -0.311. The van der Waals surface area contributed by atoms with Gasteiger partial charge >= 0.3 is 0 Å². The lowest BCUT2D eigenvalue weighted by molar-refractivity contribution is -0.138. The number of carbonyl (C=O) groups excluding carboxylic acids is 3. The molecule has 2 aliphatic rings. The highest BCUT2D eigenvalue weighted by Gasteiger charge is 2.29. The van der Waals surface area contributed by atoms with Gasteiger partial charge in [0.25, 0.3) is 0 Å². The van der Waals surface area contributed by atoms with E-state index < -0.39 is 0 Å². The average Bonchev–Trinajstić information content (AvgIpc) is 2.77. The van der Waals surface area contributed by atoms with E-state index in [0.717, 1.165) is 44.6 Å². The van der Waals surface area contributed by atoms with Gasteiger partial charge in [-0.2, -0.15) is 0 Å². The summed E-state index contributed by atoms with van der Waals surface area (Å²) in [7, 11) is 0. The van der Waals surface area contributed by atoms with Gasteiger partial charge in [0.2, 0.25) is 17.7 Å². The lowest BCUT2D eigenvalue weighted by atomic mass is 9.96. The van der Waals surface area contributed by atoms with Crippen molar-refractivity contribution in [1.29, 1.82) is 0 Å². The molecule has 1 unspecified atom stereocenters. The van der Waals surface area contributed by atoms with E-state index in [0.29, 0.717) is 31.1 Å². The Balaban J connectivity index is 1.42. The van der Waals surface area contributed by atoms with Crippen molar-refractivity contribution in [3.8, 4) is 0 Å². The summed E-state index contributed by atoms with van der Waals surface area (Å²) in [5.41, 5.74) is 1.06. The molecule has 2 heterocycles. The second kappa shape index (κ2) is 10.7. The van der Waals surface area contributed by atoms with Crippen LogP contribution in [-0.4, -0.2) is 73.3 Å². The fourth-order valence-electron chi connectivity index (χ4n) is 4.10. The molecule has 3 amide bonds. The van der Waals surface area contributed by atoms with Crippen molar-refractivity contribution < 1.29 is 14.4 Å². The molecule has 0 radical (unpaired) electrons. The van der Waals surface area contributed by atoms with Crippen molar-refractivity contribution in [2.45, 2.75) is 32.6 Å². The fraction of sp³-hybridized carbons (Fsp3) is 0.591. The monoisotopic (exact) mass is 434 g/mol. The third-order valence-corrected chi connectivity index (χ3v) is 6.06. The van der Waals surface area contributed by atoms with Crippen molar-refractivity contribution in [3.63, 3.8) is 0 Å². The van der Waals surface area contributed by atoms with Gasteiger partial charge < -0.3 is 20.0 Å². The van der Waals surface area contributed by atoms with Crippen LogP contribution in [0.5, 0.6) is 0 Å². The maximum atomic E-state index is 12.5. The third kappa shape index (κ3) is 5.88. The molecule has 1 aromatic rings. The Morgan fingerprint density at radius 3 is 2.53 bits per heavy atom. The highest BCUT2D eigenvalue weighted by Crippen LogP contribution is 2.21. The maximum Gasteiger partial charge on any atom is 0.242 e. The Hall–Kier alpha value is -2.28. The minimum absolute atomic E-state index is 0.00933. The highest BCUT2D eigenvalue weighted by molar-refractivity contribution is 6.30. The normalized spacial score (nSPS) is 19.5. The summed E-state index contributed by atoms with van der Waals surface area (Å²) in [6.07, 6.45) is 2.92. The van der Waals surface area contributed by atoms with Gasteiger partial charge in [-0.05, 0) is 37.5 Å². The number of hydrogen-bond donors (Lipinski definition) is 1. The molecule has 2 aliphatic heterocycles. The summed E-state index contributed by atoms with van der Waals surface area (Å²) in [6, 6.07) is 7.71. The first-order valence-corrected chi connectivity index (χ1v) is 11.2. The molecule has 2 fully saturated rings. The molecule has 0 aliphatic carbocycles. The van der Waals surface area contributed by atoms with E-state index in [9.17, 15) is 14.4 Å². The van der Waals surface area contributed by atoms with Crippen LogP contribution in [0.1, 0.15) is 32.6 Å². The quantitative estimate of drug-likeness (QED) is 0.744. The van der Waals surface area contributed by atoms with Crippen molar-refractivity contribution in [2.75, 3.05) is 50.7 Å². The first-order chi connectivity index (χ1) is 14.5. The number of amides is 3. The molecule has 2 saturated heterocycles. The van der Waals surface area contributed by atoms with Gasteiger partial charge in [0, 0.05) is 56.4 Å². The number of halogens is 1. The van der Waals surface area contributed by atoms with E-state index in [1.54, 1.807) is 9.80 Å². The van der Waals surface area contributed by atoms with Crippen LogP contribution >= 0.6 is 11.6 Å². The Bertz CT molecular complexity index is 765. The lowest BCUT2D eigenvalue weighted by Gasteiger charge is -2.36. The van der Waals surface area contributed by atoms with E-state index in [1.807, 2.05) is 31.2 Å². The summed E-state index contributed by atoms with van der Waals surface area (Å²) in [6.45, 7) is 5.86. The number of likely N-dealkylation sites (tertiary alicyclic amines) is 1. The molecule has 3 rings (SSSR count). The number of carbonyl (C=O) groups is 3. The summed E-state index contributed by atoms with van der Waals surface area (Å²) < 4.78 is 0. The molecule has 1 atom stereocenters. The van der Waals surface area contributed by atoms with Crippen LogP contribution in [-0.2, 0) is 14.4 Å². The summed E-state index contributed by atoms with van der Waals surface area (Å²) in [4.78, 5) is 43.0. The molecule has 1 aromatic carbocycles. The number of anilines is 1.